The number of rotatable bonds is 1. The van der Waals surface area contributed by atoms with Crippen molar-refractivity contribution in [1.82, 2.24) is 4.98 Å². The van der Waals surface area contributed by atoms with Crippen LogP contribution in [-0.2, 0) is 4.79 Å². The van der Waals surface area contributed by atoms with Crippen molar-refractivity contribution in [3.8, 4) is 0 Å². The smallest absolute Gasteiger partial charge is 0.229 e. The largest absolute Gasteiger partial charge is 0.326 e. The molecule has 1 aromatic rings. The van der Waals surface area contributed by atoms with Crippen LogP contribution in [0.25, 0.3) is 0 Å². The molecule has 0 aliphatic carbocycles. The minimum Gasteiger partial charge on any atom is -0.326 e. The molecule has 1 unspecified atom stereocenters. The van der Waals surface area contributed by atoms with Crippen LogP contribution in [0.4, 0.5) is 5.82 Å². The number of pyridine rings is 1. The highest BCUT2D eigenvalue weighted by Crippen LogP contribution is 2.22. The number of aromatic nitrogens is 1. The molecule has 1 atom stereocenters. The molecular weight excluding hydrogens is 214 g/mol. The molecular formula is C10H12ClN3O. The Labute approximate surface area is 93.0 Å². The molecule has 15 heavy (non-hydrogen) atoms. The Morgan fingerprint density at radius 3 is 2.87 bits per heavy atom. The van der Waals surface area contributed by atoms with E-state index in [1.807, 2.05) is 6.92 Å². The number of hydrogen-bond donors (Lipinski definition) is 1. The van der Waals surface area contributed by atoms with E-state index in [2.05, 4.69) is 4.98 Å². The highest BCUT2D eigenvalue weighted by atomic mass is 35.5. The molecule has 2 N–H and O–H groups in total. The van der Waals surface area contributed by atoms with Crippen LogP contribution >= 0.6 is 11.6 Å². The molecule has 1 amide bonds. The fourth-order valence-electron chi connectivity index (χ4n) is 1.64. The third-order valence-corrected chi connectivity index (χ3v) is 2.84. The lowest BCUT2D eigenvalue weighted by Gasteiger charge is -2.15. The number of hydrogen-bond acceptors (Lipinski definition) is 3. The summed E-state index contributed by atoms with van der Waals surface area (Å²) in [6.07, 6.45) is 0.392. The van der Waals surface area contributed by atoms with E-state index in [0.29, 0.717) is 23.8 Å². The summed E-state index contributed by atoms with van der Waals surface area (Å²) in [7, 11) is 0. The van der Waals surface area contributed by atoms with E-state index in [4.69, 9.17) is 17.3 Å². The summed E-state index contributed by atoms with van der Waals surface area (Å²) in [6.45, 7) is 2.35. The van der Waals surface area contributed by atoms with Gasteiger partial charge in [-0.3, -0.25) is 9.69 Å². The molecule has 2 heterocycles. The number of amides is 1. The molecule has 5 heteroatoms. The maximum Gasteiger partial charge on any atom is 0.229 e. The first kappa shape index (κ1) is 10.4. The summed E-state index contributed by atoms with van der Waals surface area (Å²) in [5.41, 5.74) is 6.43. The first-order valence-corrected chi connectivity index (χ1v) is 5.15. The fraction of sp³-hybridized carbons (Fsp3) is 0.400. The Morgan fingerprint density at radius 2 is 2.33 bits per heavy atom. The molecule has 0 bridgehead atoms. The number of nitrogens with zero attached hydrogens (tertiary/aromatic N) is 2. The van der Waals surface area contributed by atoms with Gasteiger partial charge in [0.1, 0.15) is 5.82 Å². The van der Waals surface area contributed by atoms with Crippen LogP contribution in [0, 0.1) is 6.92 Å². The van der Waals surface area contributed by atoms with E-state index in [1.54, 1.807) is 17.0 Å². The van der Waals surface area contributed by atoms with Gasteiger partial charge in [-0.15, -0.1) is 0 Å². The third kappa shape index (κ3) is 1.96. The monoisotopic (exact) mass is 225 g/mol. The SMILES string of the molecule is Cc1nc(N2CC(N)CC2=O)ccc1Cl. The maximum absolute atomic E-state index is 11.6. The van der Waals surface area contributed by atoms with E-state index in [1.165, 1.54) is 0 Å². The summed E-state index contributed by atoms with van der Waals surface area (Å²) in [4.78, 5) is 17.4. The molecule has 4 nitrogen and oxygen atoms in total. The Bertz CT molecular complexity index is 408. The lowest BCUT2D eigenvalue weighted by Crippen LogP contribution is -2.28. The average Bonchev–Trinajstić information content (AvgIpc) is 2.50. The second-order valence-corrected chi connectivity index (χ2v) is 4.11. The molecule has 2 rings (SSSR count). The second kappa shape index (κ2) is 3.79. The zero-order chi connectivity index (χ0) is 11.0. The zero-order valence-corrected chi connectivity index (χ0v) is 9.16. The molecule has 1 aliphatic rings. The number of anilines is 1. The van der Waals surface area contributed by atoms with Crippen LogP contribution in [0.5, 0.6) is 0 Å². The average molecular weight is 226 g/mol. The van der Waals surface area contributed by atoms with Gasteiger partial charge in [0.05, 0.1) is 10.7 Å². The molecule has 0 spiro atoms. The van der Waals surface area contributed by atoms with Gasteiger partial charge in [-0.1, -0.05) is 11.6 Å². The van der Waals surface area contributed by atoms with Gasteiger partial charge in [-0.2, -0.15) is 0 Å². The fourth-order valence-corrected chi connectivity index (χ4v) is 1.74. The normalized spacial score (nSPS) is 21.1. The van der Waals surface area contributed by atoms with Crippen molar-refractivity contribution in [2.75, 3.05) is 11.4 Å². The minimum atomic E-state index is -0.0877. The Hall–Kier alpha value is -1.13. The van der Waals surface area contributed by atoms with Crippen LogP contribution in [0.1, 0.15) is 12.1 Å². The maximum atomic E-state index is 11.6. The number of aryl methyl sites for hydroxylation is 1. The number of carbonyl (C=O) groups excluding carboxylic acids is 1. The molecule has 1 aromatic heterocycles. The van der Waals surface area contributed by atoms with Gasteiger partial charge in [0.15, 0.2) is 0 Å². The third-order valence-electron chi connectivity index (χ3n) is 2.44. The summed E-state index contributed by atoms with van der Waals surface area (Å²) < 4.78 is 0. The minimum absolute atomic E-state index is 0.0247. The quantitative estimate of drug-likeness (QED) is 0.779. The first-order valence-electron chi connectivity index (χ1n) is 4.77. The lowest BCUT2D eigenvalue weighted by molar-refractivity contribution is -0.117. The molecule has 0 aromatic carbocycles. The summed E-state index contributed by atoms with van der Waals surface area (Å²) in [5, 5.41) is 0.606. The van der Waals surface area contributed by atoms with E-state index in [0.717, 1.165) is 5.69 Å². The predicted octanol–water partition coefficient (Wildman–Crippen LogP) is 1.11. The van der Waals surface area contributed by atoms with Crippen LogP contribution in [-0.4, -0.2) is 23.5 Å². The standard InChI is InChI=1S/C10H12ClN3O/c1-6-8(11)2-3-9(13-6)14-5-7(12)4-10(14)15/h2-3,7H,4-5,12H2,1H3. The van der Waals surface area contributed by atoms with Crippen molar-refractivity contribution >= 4 is 23.3 Å². The summed E-state index contributed by atoms with van der Waals surface area (Å²) in [6, 6.07) is 3.40. The topological polar surface area (TPSA) is 59.2 Å². The van der Waals surface area contributed by atoms with Crippen LogP contribution < -0.4 is 10.6 Å². The van der Waals surface area contributed by atoms with Gasteiger partial charge in [0.2, 0.25) is 5.91 Å². The van der Waals surface area contributed by atoms with E-state index >= 15 is 0 Å². The molecule has 0 saturated carbocycles. The van der Waals surface area contributed by atoms with Crippen LogP contribution in [0.15, 0.2) is 12.1 Å². The molecule has 1 saturated heterocycles. The van der Waals surface area contributed by atoms with Gasteiger partial charge in [-0.25, -0.2) is 4.98 Å². The molecule has 80 valence electrons. The van der Waals surface area contributed by atoms with E-state index < -0.39 is 0 Å². The summed E-state index contributed by atoms with van der Waals surface area (Å²) in [5.74, 6) is 0.659. The second-order valence-electron chi connectivity index (χ2n) is 3.71. The molecule has 0 radical (unpaired) electrons. The number of nitrogens with two attached hydrogens (primary N) is 1. The van der Waals surface area contributed by atoms with Crippen molar-refractivity contribution < 1.29 is 4.79 Å². The van der Waals surface area contributed by atoms with Gasteiger partial charge < -0.3 is 5.73 Å². The Morgan fingerprint density at radius 1 is 1.60 bits per heavy atom. The van der Waals surface area contributed by atoms with Crippen molar-refractivity contribution in [3.63, 3.8) is 0 Å². The van der Waals surface area contributed by atoms with Gasteiger partial charge in [0, 0.05) is 19.0 Å². The number of carbonyl (C=O) groups is 1. The van der Waals surface area contributed by atoms with E-state index in [9.17, 15) is 4.79 Å². The zero-order valence-electron chi connectivity index (χ0n) is 8.40. The van der Waals surface area contributed by atoms with Gasteiger partial charge in [0.25, 0.3) is 0 Å². The highest BCUT2D eigenvalue weighted by Gasteiger charge is 2.28. The van der Waals surface area contributed by atoms with Crippen molar-refractivity contribution in [2.45, 2.75) is 19.4 Å². The Kier molecular flexibility index (Phi) is 2.63. The Balaban J connectivity index is 2.30. The highest BCUT2D eigenvalue weighted by molar-refractivity contribution is 6.31. The van der Waals surface area contributed by atoms with Crippen molar-refractivity contribution in [3.05, 3.63) is 22.8 Å². The van der Waals surface area contributed by atoms with Gasteiger partial charge >= 0.3 is 0 Å². The molecule has 1 aliphatic heterocycles. The summed E-state index contributed by atoms with van der Waals surface area (Å²) >= 11 is 5.86. The number of halogens is 1. The van der Waals surface area contributed by atoms with E-state index in [-0.39, 0.29) is 11.9 Å². The van der Waals surface area contributed by atoms with Crippen LogP contribution in [0.2, 0.25) is 5.02 Å². The van der Waals surface area contributed by atoms with Gasteiger partial charge in [-0.05, 0) is 19.1 Å². The van der Waals surface area contributed by atoms with Crippen molar-refractivity contribution in [2.24, 2.45) is 5.73 Å². The molecule has 1 fully saturated rings. The van der Waals surface area contributed by atoms with Crippen LogP contribution in [0.3, 0.4) is 0 Å². The predicted molar refractivity (Wildman–Crippen MR) is 58.9 cm³/mol. The first-order chi connectivity index (χ1) is 7.08. The van der Waals surface area contributed by atoms with Crippen molar-refractivity contribution in [1.29, 1.82) is 0 Å². The lowest BCUT2D eigenvalue weighted by atomic mass is 10.3.